The molecule has 7 heteroatoms. The van der Waals surface area contributed by atoms with Crippen molar-refractivity contribution >= 4 is 23.0 Å². The van der Waals surface area contributed by atoms with E-state index in [4.69, 9.17) is 10.8 Å². The number of carboxylic acid groups (broad SMARTS) is 1. The molecule has 0 aliphatic heterocycles. The van der Waals surface area contributed by atoms with Crippen LogP contribution in [0.15, 0.2) is 18.2 Å². The summed E-state index contributed by atoms with van der Waals surface area (Å²) in [6.45, 7) is 3.34. The molecule has 0 aliphatic carbocycles. The van der Waals surface area contributed by atoms with Crippen LogP contribution in [0.25, 0.3) is 11.0 Å². The van der Waals surface area contributed by atoms with E-state index in [0.29, 0.717) is 22.4 Å². The van der Waals surface area contributed by atoms with Crippen LogP contribution in [0.5, 0.6) is 0 Å². The van der Waals surface area contributed by atoms with E-state index >= 15 is 0 Å². The van der Waals surface area contributed by atoms with Crippen molar-refractivity contribution in [2.45, 2.75) is 19.4 Å². The SMILES string of the molecule is CC(C)(NC(=O)O)c1nc2c(C(N)=O)cccc2[nH]1. The molecule has 100 valence electrons. The summed E-state index contributed by atoms with van der Waals surface area (Å²) >= 11 is 0. The Morgan fingerprint density at radius 2 is 2.11 bits per heavy atom. The summed E-state index contributed by atoms with van der Waals surface area (Å²) in [4.78, 5) is 29.3. The van der Waals surface area contributed by atoms with Crippen LogP contribution in [-0.2, 0) is 5.54 Å². The summed E-state index contributed by atoms with van der Waals surface area (Å²) in [6.07, 6.45) is -1.15. The number of carbonyl (C=O) groups is 2. The topological polar surface area (TPSA) is 121 Å². The molecule has 7 nitrogen and oxygen atoms in total. The van der Waals surface area contributed by atoms with Gasteiger partial charge in [0.1, 0.15) is 11.3 Å². The number of fused-ring (bicyclic) bond motifs is 1. The third kappa shape index (κ3) is 2.35. The van der Waals surface area contributed by atoms with Gasteiger partial charge in [-0.15, -0.1) is 0 Å². The predicted octanol–water partition coefficient (Wildman–Crippen LogP) is 1.16. The van der Waals surface area contributed by atoms with E-state index in [1.54, 1.807) is 32.0 Å². The summed E-state index contributed by atoms with van der Waals surface area (Å²) in [5.41, 5.74) is 5.74. The highest BCUT2D eigenvalue weighted by Crippen LogP contribution is 2.22. The van der Waals surface area contributed by atoms with Crippen molar-refractivity contribution in [2.75, 3.05) is 0 Å². The maximum absolute atomic E-state index is 11.3. The molecule has 1 aromatic heterocycles. The smallest absolute Gasteiger partial charge is 0.405 e. The monoisotopic (exact) mass is 262 g/mol. The van der Waals surface area contributed by atoms with Gasteiger partial charge in [-0.3, -0.25) is 4.79 Å². The molecule has 0 saturated heterocycles. The van der Waals surface area contributed by atoms with Gasteiger partial charge in [0.05, 0.1) is 16.6 Å². The fourth-order valence-corrected chi connectivity index (χ4v) is 1.85. The number of primary amides is 1. The second-order valence-corrected chi connectivity index (χ2v) is 4.71. The Morgan fingerprint density at radius 3 is 2.68 bits per heavy atom. The zero-order valence-electron chi connectivity index (χ0n) is 10.5. The lowest BCUT2D eigenvalue weighted by atomic mass is 10.1. The first-order chi connectivity index (χ1) is 8.81. The Bertz CT molecular complexity index is 660. The first kappa shape index (κ1) is 12.9. The Hall–Kier alpha value is -2.57. The molecule has 2 aromatic rings. The minimum atomic E-state index is -1.15. The normalized spacial score (nSPS) is 11.5. The highest BCUT2D eigenvalue weighted by molar-refractivity contribution is 6.04. The molecule has 0 radical (unpaired) electrons. The van der Waals surface area contributed by atoms with Gasteiger partial charge < -0.3 is 21.1 Å². The van der Waals surface area contributed by atoms with E-state index in [2.05, 4.69) is 15.3 Å². The number of aromatic nitrogens is 2. The number of H-pyrrole nitrogens is 1. The van der Waals surface area contributed by atoms with Crippen molar-refractivity contribution in [1.82, 2.24) is 15.3 Å². The van der Waals surface area contributed by atoms with Crippen molar-refractivity contribution in [3.05, 3.63) is 29.6 Å². The molecule has 0 spiro atoms. The number of para-hydroxylation sites is 1. The molecule has 19 heavy (non-hydrogen) atoms. The lowest BCUT2D eigenvalue weighted by Crippen LogP contribution is -2.40. The van der Waals surface area contributed by atoms with Crippen LogP contribution in [0.3, 0.4) is 0 Å². The number of benzene rings is 1. The highest BCUT2D eigenvalue weighted by Gasteiger charge is 2.27. The summed E-state index contributed by atoms with van der Waals surface area (Å²) < 4.78 is 0. The minimum Gasteiger partial charge on any atom is -0.465 e. The maximum Gasteiger partial charge on any atom is 0.405 e. The first-order valence-corrected chi connectivity index (χ1v) is 5.61. The number of hydrogen-bond donors (Lipinski definition) is 4. The summed E-state index contributed by atoms with van der Waals surface area (Å²) in [7, 11) is 0. The van der Waals surface area contributed by atoms with Gasteiger partial charge in [0.15, 0.2) is 0 Å². The van der Waals surface area contributed by atoms with Crippen LogP contribution in [0, 0.1) is 0 Å². The van der Waals surface area contributed by atoms with Crippen LogP contribution in [-0.4, -0.2) is 27.1 Å². The molecule has 0 fully saturated rings. The third-order valence-corrected chi connectivity index (χ3v) is 2.79. The standard InChI is InChI=1S/C12H14N4O3/c1-12(2,16-11(18)19)10-14-7-5-3-4-6(9(13)17)8(7)15-10/h3-5,16H,1-2H3,(H2,13,17)(H,14,15)(H,18,19). The summed E-state index contributed by atoms with van der Waals surface area (Å²) in [5.74, 6) is -0.161. The van der Waals surface area contributed by atoms with E-state index in [0.717, 1.165) is 0 Å². The number of nitrogens with one attached hydrogen (secondary N) is 2. The number of aromatic amines is 1. The Balaban J connectivity index is 2.56. The van der Waals surface area contributed by atoms with Gasteiger partial charge in [0.25, 0.3) is 5.91 Å². The first-order valence-electron chi connectivity index (χ1n) is 5.61. The maximum atomic E-state index is 11.3. The van der Waals surface area contributed by atoms with Crippen LogP contribution >= 0.6 is 0 Å². The van der Waals surface area contributed by atoms with Crippen molar-refractivity contribution in [2.24, 2.45) is 5.73 Å². The van der Waals surface area contributed by atoms with Crippen molar-refractivity contribution in [3.63, 3.8) is 0 Å². The molecule has 0 atom stereocenters. The van der Waals surface area contributed by atoms with Crippen LogP contribution in [0.4, 0.5) is 4.79 Å². The second-order valence-electron chi connectivity index (χ2n) is 4.71. The summed E-state index contributed by atoms with van der Waals surface area (Å²) in [6, 6.07) is 5.00. The molecule has 2 rings (SSSR count). The van der Waals surface area contributed by atoms with Crippen LogP contribution < -0.4 is 11.1 Å². The van der Waals surface area contributed by atoms with Crippen molar-refractivity contribution in [3.8, 4) is 0 Å². The lowest BCUT2D eigenvalue weighted by Gasteiger charge is -2.21. The molecule has 0 saturated carbocycles. The number of nitrogens with two attached hydrogens (primary N) is 1. The number of amides is 2. The van der Waals surface area contributed by atoms with E-state index in [1.165, 1.54) is 0 Å². The number of hydrogen-bond acceptors (Lipinski definition) is 3. The fourth-order valence-electron chi connectivity index (χ4n) is 1.85. The van der Waals surface area contributed by atoms with E-state index in [1.807, 2.05) is 0 Å². The lowest BCUT2D eigenvalue weighted by molar-refractivity contribution is 0.100. The zero-order chi connectivity index (χ0) is 14.2. The van der Waals surface area contributed by atoms with Crippen LogP contribution in [0.2, 0.25) is 0 Å². The van der Waals surface area contributed by atoms with Gasteiger partial charge >= 0.3 is 6.09 Å². The van der Waals surface area contributed by atoms with E-state index in [9.17, 15) is 9.59 Å². The Morgan fingerprint density at radius 1 is 1.42 bits per heavy atom. The predicted molar refractivity (Wildman–Crippen MR) is 68.8 cm³/mol. The minimum absolute atomic E-state index is 0.297. The second kappa shape index (κ2) is 4.27. The summed E-state index contributed by atoms with van der Waals surface area (Å²) in [5, 5.41) is 11.2. The van der Waals surface area contributed by atoms with Crippen molar-refractivity contribution in [1.29, 1.82) is 0 Å². The van der Waals surface area contributed by atoms with E-state index in [-0.39, 0.29) is 0 Å². The van der Waals surface area contributed by atoms with Gasteiger partial charge in [-0.1, -0.05) is 6.07 Å². The molecule has 0 unspecified atom stereocenters. The van der Waals surface area contributed by atoms with Gasteiger partial charge in [0, 0.05) is 0 Å². The largest absolute Gasteiger partial charge is 0.465 e. The van der Waals surface area contributed by atoms with E-state index < -0.39 is 17.5 Å². The average Bonchev–Trinajstić information content (AvgIpc) is 2.70. The Kier molecular flexibility index (Phi) is 2.89. The van der Waals surface area contributed by atoms with Gasteiger partial charge in [-0.2, -0.15) is 0 Å². The molecule has 5 N–H and O–H groups in total. The number of imidazole rings is 1. The number of carbonyl (C=O) groups excluding carboxylic acids is 1. The Labute approximate surface area is 108 Å². The molecule has 0 bridgehead atoms. The zero-order valence-corrected chi connectivity index (χ0v) is 10.5. The molecule has 0 aliphatic rings. The average molecular weight is 262 g/mol. The molecule has 1 aromatic carbocycles. The molecule has 1 heterocycles. The molecular formula is C12H14N4O3. The van der Waals surface area contributed by atoms with Gasteiger partial charge in [-0.05, 0) is 26.0 Å². The van der Waals surface area contributed by atoms with Gasteiger partial charge in [0.2, 0.25) is 0 Å². The molecular weight excluding hydrogens is 248 g/mol. The number of rotatable bonds is 3. The van der Waals surface area contributed by atoms with Crippen LogP contribution in [0.1, 0.15) is 30.0 Å². The number of nitrogens with zero attached hydrogens (tertiary/aromatic N) is 1. The third-order valence-electron chi connectivity index (χ3n) is 2.79. The quantitative estimate of drug-likeness (QED) is 0.663. The van der Waals surface area contributed by atoms with Gasteiger partial charge in [-0.25, -0.2) is 9.78 Å². The fraction of sp³-hybridized carbons (Fsp3) is 0.250. The highest BCUT2D eigenvalue weighted by atomic mass is 16.4. The van der Waals surface area contributed by atoms with Crippen molar-refractivity contribution < 1.29 is 14.7 Å². The molecule has 2 amide bonds.